The second-order valence-electron chi connectivity index (χ2n) is 2.78. The zero-order valence-corrected chi connectivity index (χ0v) is 8.58. The molecule has 1 atom stereocenters. The first-order chi connectivity index (χ1) is 6.72. The number of hydrogen-bond donors (Lipinski definition) is 0. The number of ether oxygens (including phenoxy) is 1. The van der Waals surface area contributed by atoms with Crippen molar-refractivity contribution in [3.63, 3.8) is 0 Å². The van der Waals surface area contributed by atoms with Crippen LogP contribution in [-0.2, 0) is 16.0 Å². The van der Waals surface area contributed by atoms with Gasteiger partial charge in [0, 0.05) is 25.7 Å². The number of thiocarbonyl (C=S) groups is 1. The monoisotopic (exact) mass is 208 g/mol. The summed E-state index contributed by atoms with van der Waals surface area (Å²) in [6.07, 6.45) is 3.46. The molecule has 0 amide bonds. The molecule has 73 valence electrons. The van der Waals surface area contributed by atoms with Gasteiger partial charge >= 0.3 is 5.97 Å². The second kappa shape index (κ2) is 5.44. The van der Waals surface area contributed by atoms with Crippen LogP contribution in [0.25, 0.3) is 0 Å². The van der Waals surface area contributed by atoms with Crippen LogP contribution in [0.15, 0.2) is 24.5 Å². The van der Waals surface area contributed by atoms with E-state index in [-0.39, 0.29) is 5.97 Å². The number of pyridine rings is 1. The minimum atomic E-state index is -0.454. The highest BCUT2D eigenvalue weighted by Crippen LogP contribution is 2.03. The van der Waals surface area contributed by atoms with E-state index in [9.17, 15) is 4.79 Å². The highest BCUT2D eigenvalue weighted by molar-refractivity contribution is 7.79. The Hall–Kier alpha value is -1.29. The maximum atomic E-state index is 10.7. The number of hydrogen-bond acceptors (Lipinski definition) is 4. The first kappa shape index (κ1) is 10.8. The van der Waals surface area contributed by atoms with E-state index >= 15 is 0 Å². The maximum absolute atomic E-state index is 10.7. The van der Waals surface area contributed by atoms with Gasteiger partial charge in [-0.05, 0) is 17.7 Å². The Morgan fingerprint density at radius 2 is 2.29 bits per heavy atom. The van der Waals surface area contributed by atoms with E-state index in [1.54, 1.807) is 12.4 Å². The molecule has 3 nitrogen and oxygen atoms in total. The quantitative estimate of drug-likeness (QED) is 0.554. The summed E-state index contributed by atoms with van der Waals surface area (Å²) in [5.74, 6) is -0.346. The van der Waals surface area contributed by atoms with Crippen molar-refractivity contribution in [3.8, 4) is 0 Å². The molecule has 4 heteroatoms. The van der Waals surface area contributed by atoms with Gasteiger partial charge in [0.05, 0.1) is 5.37 Å². The lowest BCUT2D eigenvalue weighted by molar-refractivity contribution is -0.142. The number of nitrogens with zero attached hydrogens (tertiary/aromatic N) is 1. The van der Waals surface area contributed by atoms with Gasteiger partial charge in [0.1, 0.15) is 6.10 Å². The molecule has 0 bridgehead atoms. The van der Waals surface area contributed by atoms with E-state index < -0.39 is 6.10 Å². The molecule has 0 saturated carbocycles. The number of carbonyl (C=O) groups is 1. The standard InChI is InChI=1S/C10H10NO2S/c1-8(12)13-10(7-14)6-9-2-4-11-5-3-9/h2-5,10H,6H2,1H3. The fourth-order valence-electron chi connectivity index (χ4n) is 1.04. The number of carbonyl (C=O) groups excluding carboxylic acids is 1. The summed E-state index contributed by atoms with van der Waals surface area (Å²) in [5.41, 5.74) is 1.02. The van der Waals surface area contributed by atoms with Gasteiger partial charge in [-0.25, -0.2) is 0 Å². The van der Waals surface area contributed by atoms with Crippen LogP contribution in [0, 0.1) is 0 Å². The third kappa shape index (κ3) is 3.62. The van der Waals surface area contributed by atoms with Crippen LogP contribution >= 0.6 is 12.2 Å². The van der Waals surface area contributed by atoms with Gasteiger partial charge in [0.25, 0.3) is 0 Å². The molecule has 0 aromatic carbocycles. The van der Waals surface area contributed by atoms with Crippen molar-refractivity contribution in [3.05, 3.63) is 30.1 Å². The van der Waals surface area contributed by atoms with E-state index in [0.717, 1.165) is 5.56 Å². The Morgan fingerprint density at radius 3 is 2.79 bits per heavy atom. The van der Waals surface area contributed by atoms with Crippen molar-refractivity contribution >= 4 is 23.6 Å². The minimum absolute atomic E-state index is 0.346. The molecule has 14 heavy (non-hydrogen) atoms. The third-order valence-electron chi connectivity index (χ3n) is 1.61. The van der Waals surface area contributed by atoms with Crippen molar-refractivity contribution < 1.29 is 9.53 Å². The van der Waals surface area contributed by atoms with Crippen LogP contribution in [0.5, 0.6) is 0 Å². The summed E-state index contributed by atoms with van der Waals surface area (Å²) in [5, 5.41) is 2.50. The normalized spacial score (nSPS) is 11.8. The molecular formula is C10H10NO2S. The predicted octanol–water partition coefficient (Wildman–Crippen LogP) is 1.43. The summed E-state index contributed by atoms with van der Waals surface area (Å²) in [7, 11) is 0. The molecule has 0 fully saturated rings. The topological polar surface area (TPSA) is 39.2 Å². The molecule has 1 heterocycles. The van der Waals surface area contributed by atoms with Crippen molar-refractivity contribution in [2.24, 2.45) is 0 Å². The average Bonchev–Trinajstić information content (AvgIpc) is 2.17. The molecule has 0 aliphatic heterocycles. The van der Waals surface area contributed by atoms with Crippen LogP contribution in [-0.4, -0.2) is 22.4 Å². The SMILES string of the molecule is CC(=O)OC([C]=S)Cc1ccncc1. The smallest absolute Gasteiger partial charge is 0.303 e. The van der Waals surface area contributed by atoms with E-state index in [4.69, 9.17) is 4.74 Å². The minimum Gasteiger partial charge on any atom is -0.456 e. The fourth-order valence-corrected chi connectivity index (χ4v) is 1.17. The largest absolute Gasteiger partial charge is 0.456 e. The Labute approximate surface area is 88.1 Å². The summed E-state index contributed by atoms with van der Waals surface area (Å²) in [4.78, 5) is 14.6. The molecule has 1 unspecified atom stereocenters. The number of esters is 1. The van der Waals surface area contributed by atoms with Crippen LogP contribution in [0.3, 0.4) is 0 Å². The summed E-state index contributed by atoms with van der Waals surface area (Å²) >= 11 is 4.65. The van der Waals surface area contributed by atoms with Gasteiger partial charge < -0.3 is 4.74 Å². The van der Waals surface area contributed by atoms with Crippen molar-refractivity contribution in [1.29, 1.82) is 0 Å². The van der Waals surface area contributed by atoms with Crippen molar-refractivity contribution in [1.82, 2.24) is 4.98 Å². The fraction of sp³-hybridized carbons (Fsp3) is 0.300. The molecule has 1 aromatic heterocycles. The maximum Gasteiger partial charge on any atom is 0.303 e. The lowest BCUT2D eigenvalue weighted by atomic mass is 10.1. The van der Waals surface area contributed by atoms with Gasteiger partial charge in [-0.15, -0.1) is 0 Å². The van der Waals surface area contributed by atoms with E-state index in [0.29, 0.717) is 6.42 Å². The predicted molar refractivity (Wildman–Crippen MR) is 56.1 cm³/mol. The number of aromatic nitrogens is 1. The molecule has 0 aliphatic rings. The molecule has 0 saturated heterocycles. The van der Waals surface area contributed by atoms with E-state index in [1.807, 2.05) is 12.1 Å². The summed E-state index contributed by atoms with van der Waals surface area (Å²) < 4.78 is 4.93. The Bertz CT molecular complexity index is 313. The highest BCUT2D eigenvalue weighted by atomic mass is 32.1. The van der Waals surface area contributed by atoms with Crippen LogP contribution < -0.4 is 0 Å². The zero-order valence-electron chi connectivity index (χ0n) is 7.77. The van der Waals surface area contributed by atoms with E-state index in [2.05, 4.69) is 22.6 Å². The van der Waals surface area contributed by atoms with Crippen molar-refractivity contribution in [2.75, 3.05) is 0 Å². The lowest BCUT2D eigenvalue weighted by Gasteiger charge is -2.10. The Balaban J connectivity index is 2.57. The molecule has 0 aliphatic carbocycles. The molecular weight excluding hydrogens is 198 g/mol. The van der Waals surface area contributed by atoms with E-state index in [1.165, 1.54) is 6.92 Å². The van der Waals surface area contributed by atoms with Crippen LogP contribution in [0.4, 0.5) is 0 Å². The molecule has 1 aromatic rings. The highest BCUT2D eigenvalue weighted by Gasteiger charge is 2.09. The Kier molecular flexibility index (Phi) is 4.19. The van der Waals surface area contributed by atoms with Gasteiger partial charge in [-0.1, -0.05) is 12.2 Å². The molecule has 0 spiro atoms. The van der Waals surface area contributed by atoms with Crippen LogP contribution in [0.2, 0.25) is 0 Å². The summed E-state index contributed by atoms with van der Waals surface area (Å²) in [6.45, 7) is 1.35. The second-order valence-corrected chi connectivity index (χ2v) is 3.01. The van der Waals surface area contributed by atoms with Gasteiger partial charge in [0.2, 0.25) is 0 Å². The van der Waals surface area contributed by atoms with Gasteiger partial charge in [-0.3, -0.25) is 9.78 Å². The first-order valence-electron chi connectivity index (χ1n) is 4.16. The first-order valence-corrected chi connectivity index (χ1v) is 4.57. The summed E-state index contributed by atoms with van der Waals surface area (Å²) in [6, 6.07) is 3.70. The Morgan fingerprint density at radius 1 is 1.64 bits per heavy atom. The van der Waals surface area contributed by atoms with Gasteiger partial charge in [0.15, 0.2) is 0 Å². The molecule has 1 rings (SSSR count). The zero-order chi connectivity index (χ0) is 10.4. The van der Waals surface area contributed by atoms with Crippen LogP contribution in [0.1, 0.15) is 12.5 Å². The van der Waals surface area contributed by atoms with Crippen molar-refractivity contribution in [2.45, 2.75) is 19.4 Å². The number of rotatable bonds is 4. The lowest BCUT2D eigenvalue weighted by Crippen LogP contribution is -2.19. The third-order valence-corrected chi connectivity index (χ3v) is 1.87. The molecule has 1 radical (unpaired) electrons. The average molecular weight is 208 g/mol. The van der Waals surface area contributed by atoms with Gasteiger partial charge in [-0.2, -0.15) is 0 Å². The molecule has 0 N–H and O–H groups in total.